The van der Waals surface area contributed by atoms with Crippen molar-refractivity contribution in [2.24, 2.45) is 0 Å². The summed E-state index contributed by atoms with van der Waals surface area (Å²) >= 11 is 3.48. The Morgan fingerprint density at radius 1 is 1.16 bits per heavy atom. The zero-order chi connectivity index (χ0) is 14.0. The third-order valence-corrected chi connectivity index (χ3v) is 3.97. The van der Waals surface area contributed by atoms with Gasteiger partial charge in [-0.15, -0.1) is 0 Å². The Labute approximate surface area is 122 Å². The Hall–Kier alpha value is -1.13. The fourth-order valence-corrected chi connectivity index (χ4v) is 2.72. The van der Waals surface area contributed by atoms with Crippen molar-refractivity contribution in [3.63, 3.8) is 0 Å². The summed E-state index contributed by atoms with van der Waals surface area (Å²) in [4.78, 5) is 0. The van der Waals surface area contributed by atoms with Gasteiger partial charge in [0.2, 0.25) is 0 Å². The molecule has 3 nitrogen and oxygen atoms in total. The SMILES string of the molecule is CC(c1ccccc1)C(O)c1c(Br)cnn1C(C)C. The van der Waals surface area contributed by atoms with Crippen molar-refractivity contribution in [2.45, 2.75) is 38.8 Å². The van der Waals surface area contributed by atoms with Crippen molar-refractivity contribution >= 4 is 15.9 Å². The van der Waals surface area contributed by atoms with Crippen LogP contribution < -0.4 is 0 Å². The highest BCUT2D eigenvalue weighted by Gasteiger charge is 2.25. The lowest BCUT2D eigenvalue weighted by molar-refractivity contribution is 0.138. The van der Waals surface area contributed by atoms with Crippen molar-refractivity contribution in [1.82, 2.24) is 9.78 Å². The summed E-state index contributed by atoms with van der Waals surface area (Å²) in [6.45, 7) is 6.15. The van der Waals surface area contributed by atoms with Crippen molar-refractivity contribution in [2.75, 3.05) is 0 Å². The van der Waals surface area contributed by atoms with Crippen molar-refractivity contribution in [3.8, 4) is 0 Å². The van der Waals surface area contributed by atoms with E-state index in [0.717, 1.165) is 15.7 Å². The minimum atomic E-state index is -0.582. The Bertz CT molecular complexity index is 536. The second kappa shape index (κ2) is 5.88. The van der Waals surface area contributed by atoms with Gasteiger partial charge in [-0.05, 0) is 35.3 Å². The molecule has 2 rings (SSSR count). The lowest BCUT2D eigenvalue weighted by Crippen LogP contribution is -2.16. The van der Waals surface area contributed by atoms with Gasteiger partial charge in [-0.1, -0.05) is 37.3 Å². The summed E-state index contributed by atoms with van der Waals surface area (Å²) in [5.41, 5.74) is 1.96. The maximum absolute atomic E-state index is 10.7. The fraction of sp³-hybridized carbons (Fsp3) is 0.400. The van der Waals surface area contributed by atoms with E-state index < -0.39 is 6.10 Å². The first-order chi connectivity index (χ1) is 9.02. The van der Waals surface area contributed by atoms with E-state index in [1.165, 1.54) is 0 Å². The Morgan fingerprint density at radius 3 is 2.37 bits per heavy atom. The molecule has 1 aromatic carbocycles. The number of benzene rings is 1. The van der Waals surface area contributed by atoms with Crippen LogP contribution in [0.5, 0.6) is 0 Å². The monoisotopic (exact) mass is 322 g/mol. The highest BCUT2D eigenvalue weighted by Crippen LogP contribution is 2.35. The van der Waals surface area contributed by atoms with E-state index in [2.05, 4.69) is 34.9 Å². The number of aliphatic hydroxyl groups excluding tert-OH is 1. The lowest BCUT2D eigenvalue weighted by atomic mass is 9.93. The van der Waals surface area contributed by atoms with Crippen LogP contribution in [0.25, 0.3) is 0 Å². The number of halogens is 1. The standard InChI is InChI=1S/C15H19BrN2O/c1-10(2)18-14(13(16)9-17-18)15(19)11(3)12-7-5-4-6-8-12/h4-11,15,19H,1-3H3. The molecule has 0 aliphatic rings. The van der Waals surface area contributed by atoms with Crippen LogP contribution in [0.2, 0.25) is 0 Å². The van der Waals surface area contributed by atoms with Gasteiger partial charge in [0, 0.05) is 12.0 Å². The molecule has 4 heteroatoms. The maximum atomic E-state index is 10.7. The van der Waals surface area contributed by atoms with E-state index in [4.69, 9.17) is 0 Å². The second-order valence-corrected chi connectivity index (χ2v) is 5.91. The fourth-order valence-electron chi connectivity index (χ4n) is 2.21. The molecule has 0 saturated heterocycles. The molecule has 19 heavy (non-hydrogen) atoms. The van der Waals surface area contributed by atoms with Gasteiger partial charge in [0.05, 0.1) is 16.4 Å². The van der Waals surface area contributed by atoms with Crippen LogP contribution in [0.1, 0.15) is 50.1 Å². The Kier molecular flexibility index (Phi) is 4.42. The van der Waals surface area contributed by atoms with E-state index >= 15 is 0 Å². The normalized spacial score (nSPS) is 14.6. The number of nitrogens with zero attached hydrogens (tertiary/aromatic N) is 2. The number of aliphatic hydroxyl groups is 1. The lowest BCUT2D eigenvalue weighted by Gasteiger charge is -2.22. The first kappa shape index (κ1) is 14.3. The molecule has 0 amide bonds. The molecule has 0 aliphatic carbocycles. The molecule has 0 fully saturated rings. The largest absolute Gasteiger partial charge is 0.386 e. The highest BCUT2D eigenvalue weighted by molar-refractivity contribution is 9.10. The quantitative estimate of drug-likeness (QED) is 0.921. The van der Waals surface area contributed by atoms with Gasteiger partial charge in [0.1, 0.15) is 6.10 Å². The van der Waals surface area contributed by atoms with E-state index in [9.17, 15) is 5.11 Å². The minimum absolute atomic E-state index is 0.0201. The van der Waals surface area contributed by atoms with Crippen LogP contribution >= 0.6 is 15.9 Å². The summed E-state index contributed by atoms with van der Waals surface area (Å²) < 4.78 is 2.73. The topological polar surface area (TPSA) is 38.1 Å². The number of rotatable bonds is 4. The summed E-state index contributed by atoms with van der Waals surface area (Å²) in [5.74, 6) is 0.0201. The smallest absolute Gasteiger partial charge is 0.103 e. The third-order valence-electron chi connectivity index (χ3n) is 3.36. The molecule has 102 valence electrons. The Morgan fingerprint density at radius 2 is 1.79 bits per heavy atom. The number of hydrogen-bond donors (Lipinski definition) is 1. The van der Waals surface area contributed by atoms with Gasteiger partial charge < -0.3 is 5.11 Å². The Balaban J connectivity index is 2.34. The van der Waals surface area contributed by atoms with Crippen LogP contribution in [0.15, 0.2) is 41.0 Å². The molecule has 2 unspecified atom stereocenters. The van der Waals surface area contributed by atoms with Crippen LogP contribution in [0.4, 0.5) is 0 Å². The molecular formula is C15H19BrN2O. The summed E-state index contributed by atoms with van der Waals surface area (Å²) in [6, 6.07) is 10.3. The predicted molar refractivity (Wildman–Crippen MR) is 80.1 cm³/mol. The van der Waals surface area contributed by atoms with Gasteiger partial charge in [-0.3, -0.25) is 4.68 Å². The van der Waals surface area contributed by atoms with Gasteiger partial charge in [0.25, 0.3) is 0 Å². The van der Waals surface area contributed by atoms with E-state index in [1.54, 1.807) is 6.20 Å². The van der Waals surface area contributed by atoms with Gasteiger partial charge in [-0.2, -0.15) is 5.10 Å². The second-order valence-electron chi connectivity index (χ2n) is 5.06. The molecule has 0 saturated carbocycles. The zero-order valence-electron chi connectivity index (χ0n) is 11.4. The maximum Gasteiger partial charge on any atom is 0.103 e. The number of hydrogen-bond acceptors (Lipinski definition) is 2. The van der Waals surface area contributed by atoms with Crippen LogP contribution in [-0.2, 0) is 0 Å². The zero-order valence-corrected chi connectivity index (χ0v) is 13.0. The summed E-state index contributed by atoms with van der Waals surface area (Å²) in [5, 5.41) is 15.0. The molecule has 0 spiro atoms. The molecule has 2 atom stereocenters. The van der Waals surface area contributed by atoms with Gasteiger partial charge in [0.15, 0.2) is 0 Å². The summed E-state index contributed by atoms with van der Waals surface area (Å²) in [6.07, 6.45) is 1.16. The average molecular weight is 323 g/mol. The average Bonchev–Trinajstić information content (AvgIpc) is 2.80. The van der Waals surface area contributed by atoms with Crippen molar-refractivity contribution in [3.05, 3.63) is 52.3 Å². The predicted octanol–water partition coefficient (Wildman–Crippen LogP) is 4.06. The first-order valence-electron chi connectivity index (χ1n) is 6.48. The van der Waals surface area contributed by atoms with E-state index in [-0.39, 0.29) is 12.0 Å². The summed E-state index contributed by atoms with van der Waals surface area (Å²) in [7, 11) is 0. The molecule has 0 radical (unpaired) electrons. The molecule has 1 heterocycles. The molecular weight excluding hydrogens is 304 g/mol. The van der Waals surface area contributed by atoms with Gasteiger partial charge in [-0.25, -0.2) is 0 Å². The molecule has 2 aromatic rings. The minimum Gasteiger partial charge on any atom is -0.386 e. The van der Waals surface area contributed by atoms with E-state index in [1.807, 2.05) is 41.9 Å². The van der Waals surface area contributed by atoms with Crippen molar-refractivity contribution in [1.29, 1.82) is 0 Å². The highest BCUT2D eigenvalue weighted by atomic mass is 79.9. The first-order valence-corrected chi connectivity index (χ1v) is 7.27. The van der Waals surface area contributed by atoms with Gasteiger partial charge >= 0.3 is 0 Å². The van der Waals surface area contributed by atoms with Crippen molar-refractivity contribution < 1.29 is 5.11 Å². The molecule has 0 aliphatic heterocycles. The van der Waals surface area contributed by atoms with E-state index in [0.29, 0.717) is 0 Å². The van der Waals surface area contributed by atoms with Crippen LogP contribution in [0, 0.1) is 0 Å². The molecule has 1 N–H and O–H groups in total. The third kappa shape index (κ3) is 2.90. The molecule has 0 bridgehead atoms. The van der Waals surface area contributed by atoms with Crippen LogP contribution in [-0.4, -0.2) is 14.9 Å². The van der Waals surface area contributed by atoms with Crippen LogP contribution in [0.3, 0.4) is 0 Å². The number of aromatic nitrogens is 2. The molecule has 1 aromatic heterocycles.